The molecule has 2 rings (SSSR count). The predicted octanol–water partition coefficient (Wildman–Crippen LogP) is 2.24. The van der Waals surface area contributed by atoms with Gasteiger partial charge in [0.15, 0.2) is 0 Å². The van der Waals surface area contributed by atoms with Crippen LogP contribution in [0.25, 0.3) is 5.69 Å². The molecular weight excluding hydrogens is 316 g/mol. The molecule has 0 aliphatic carbocycles. The molecule has 1 heterocycles. The first-order valence-electron chi connectivity index (χ1n) is 8.51. The summed E-state index contributed by atoms with van der Waals surface area (Å²) in [6, 6.07) is 8.04. The number of para-hydroxylation sites is 1. The summed E-state index contributed by atoms with van der Waals surface area (Å²) in [4.78, 5) is 14.2. The molecule has 0 saturated carbocycles. The van der Waals surface area contributed by atoms with E-state index in [4.69, 9.17) is 4.74 Å². The van der Waals surface area contributed by atoms with E-state index in [9.17, 15) is 4.79 Å². The van der Waals surface area contributed by atoms with Gasteiger partial charge in [-0.15, -0.1) is 0 Å². The fraction of sp³-hybridized carbons (Fsp3) is 0.474. The number of nitrogens with one attached hydrogen (secondary N) is 1. The number of methoxy groups -OCH3 is 1. The number of benzene rings is 1. The largest absolute Gasteiger partial charge is 0.383 e. The van der Waals surface area contributed by atoms with Crippen LogP contribution in [0, 0.1) is 13.8 Å². The Kier molecular flexibility index (Phi) is 6.73. The molecule has 136 valence electrons. The third-order valence-corrected chi connectivity index (χ3v) is 4.33. The molecule has 1 aromatic heterocycles. The Bertz CT molecular complexity index is 711. The van der Waals surface area contributed by atoms with Crippen molar-refractivity contribution in [3.63, 3.8) is 0 Å². The number of hydrogen-bond donors (Lipinski definition) is 1. The summed E-state index contributed by atoms with van der Waals surface area (Å²) in [5.74, 6) is -0.00542. The number of amides is 1. The summed E-state index contributed by atoms with van der Waals surface area (Å²) in [6.45, 7) is 7.77. The van der Waals surface area contributed by atoms with Crippen molar-refractivity contribution in [1.82, 2.24) is 20.0 Å². The van der Waals surface area contributed by atoms with Crippen molar-refractivity contribution in [1.29, 1.82) is 0 Å². The normalized spacial score (nSPS) is 12.4. The highest BCUT2D eigenvalue weighted by Crippen LogP contribution is 2.21. The van der Waals surface area contributed by atoms with E-state index in [1.54, 1.807) is 7.11 Å². The molecule has 2 aromatic rings. The summed E-state index contributed by atoms with van der Waals surface area (Å²) >= 11 is 0. The van der Waals surface area contributed by atoms with Crippen LogP contribution in [0.15, 0.2) is 30.5 Å². The Balaban J connectivity index is 2.04. The van der Waals surface area contributed by atoms with E-state index in [1.165, 1.54) is 0 Å². The molecule has 1 amide bonds. The Labute approximate surface area is 149 Å². The van der Waals surface area contributed by atoms with Crippen LogP contribution in [0.1, 0.15) is 29.8 Å². The second-order valence-electron chi connectivity index (χ2n) is 6.40. The van der Waals surface area contributed by atoms with Gasteiger partial charge in [0.05, 0.1) is 31.1 Å². The number of ether oxygens (including phenoxy) is 1. The van der Waals surface area contributed by atoms with Gasteiger partial charge in [0.1, 0.15) is 0 Å². The zero-order valence-electron chi connectivity index (χ0n) is 15.7. The van der Waals surface area contributed by atoms with Gasteiger partial charge in [-0.1, -0.05) is 18.2 Å². The Morgan fingerprint density at radius 3 is 2.76 bits per heavy atom. The van der Waals surface area contributed by atoms with E-state index < -0.39 is 0 Å². The Morgan fingerprint density at radius 2 is 2.08 bits per heavy atom. The smallest absolute Gasteiger partial charge is 0.234 e. The average Bonchev–Trinajstić information content (AvgIpc) is 2.94. The van der Waals surface area contributed by atoms with Gasteiger partial charge in [-0.2, -0.15) is 5.10 Å². The van der Waals surface area contributed by atoms with Gasteiger partial charge in [0.2, 0.25) is 5.91 Å². The summed E-state index contributed by atoms with van der Waals surface area (Å²) in [6.07, 6.45) is 1.83. The minimum atomic E-state index is -0.0962. The van der Waals surface area contributed by atoms with E-state index in [0.717, 1.165) is 29.1 Å². The van der Waals surface area contributed by atoms with Crippen molar-refractivity contribution < 1.29 is 9.53 Å². The molecular formula is C19H28N4O2. The fourth-order valence-electron chi connectivity index (χ4n) is 2.83. The lowest BCUT2D eigenvalue weighted by Crippen LogP contribution is -2.37. The maximum absolute atomic E-state index is 12.2. The molecule has 1 aromatic carbocycles. The summed E-state index contributed by atoms with van der Waals surface area (Å²) < 4.78 is 6.96. The monoisotopic (exact) mass is 344 g/mol. The quantitative estimate of drug-likeness (QED) is 0.798. The lowest BCUT2D eigenvalue weighted by atomic mass is 10.1. The van der Waals surface area contributed by atoms with E-state index in [0.29, 0.717) is 13.2 Å². The van der Waals surface area contributed by atoms with Crippen LogP contribution < -0.4 is 5.32 Å². The van der Waals surface area contributed by atoms with Gasteiger partial charge < -0.3 is 10.1 Å². The summed E-state index contributed by atoms with van der Waals surface area (Å²) in [5, 5.41) is 7.56. The molecule has 6 nitrogen and oxygen atoms in total. The number of likely N-dealkylation sites (N-methyl/N-ethyl adjacent to an activating group) is 1. The molecule has 1 atom stereocenters. The second-order valence-corrected chi connectivity index (χ2v) is 6.40. The van der Waals surface area contributed by atoms with Crippen LogP contribution >= 0.6 is 0 Å². The minimum absolute atomic E-state index is 0.00542. The third-order valence-electron chi connectivity index (χ3n) is 4.33. The minimum Gasteiger partial charge on any atom is -0.383 e. The van der Waals surface area contributed by atoms with E-state index in [-0.39, 0.29) is 11.9 Å². The van der Waals surface area contributed by atoms with Gasteiger partial charge >= 0.3 is 0 Å². The molecule has 0 spiro atoms. The molecule has 0 aliphatic rings. The number of aromatic nitrogens is 2. The lowest BCUT2D eigenvalue weighted by molar-refractivity contribution is -0.122. The molecule has 6 heteroatoms. The molecule has 0 bridgehead atoms. The predicted molar refractivity (Wildman–Crippen MR) is 99.0 cm³/mol. The van der Waals surface area contributed by atoms with Crippen molar-refractivity contribution in [2.45, 2.75) is 26.8 Å². The molecule has 0 radical (unpaired) electrons. The number of carbonyl (C=O) groups excluding carboxylic acids is 1. The van der Waals surface area contributed by atoms with Crippen molar-refractivity contribution in [2.75, 3.05) is 33.9 Å². The van der Waals surface area contributed by atoms with Crippen LogP contribution in [0.5, 0.6) is 0 Å². The van der Waals surface area contributed by atoms with Crippen LogP contribution in [0.4, 0.5) is 0 Å². The molecule has 1 N–H and O–H groups in total. The first kappa shape index (κ1) is 19.1. The van der Waals surface area contributed by atoms with Gasteiger partial charge in [-0.05, 0) is 39.4 Å². The van der Waals surface area contributed by atoms with Crippen molar-refractivity contribution in [3.8, 4) is 5.69 Å². The average molecular weight is 344 g/mol. The maximum Gasteiger partial charge on any atom is 0.234 e. The van der Waals surface area contributed by atoms with Crippen LogP contribution in [0.2, 0.25) is 0 Å². The maximum atomic E-state index is 12.2. The van der Waals surface area contributed by atoms with Crippen LogP contribution in [-0.4, -0.2) is 54.4 Å². The van der Waals surface area contributed by atoms with Gasteiger partial charge in [-0.25, -0.2) is 4.68 Å². The highest BCUT2D eigenvalue weighted by Gasteiger charge is 2.17. The fourth-order valence-corrected chi connectivity index (χ4v) is 2.83. The van der Waals surface area contributed by atoms with Gasteiger partial charge in [0.25, 0.3) is 0 Å². The van der Waals surface area contributed by atoms with Crippen LogP contribution in [-0.2, 0) is 9.53 Å². The van der Waals surface area contributed by atoms with Crippen LogP contribution in [0.3, 0.4) is 0 Å². The number of aryl methyl sites for hydroxylation is 1. The van der Waals surface area contributed by atoms with Crippen molar-refractivity contribution >= 4 is 5.91 Å². The Morgan fingerprint density at radius 1 is 1.36 bits per heavy atom. The number of hydrogen-bond acceptors (Lipinski definition) is 4. The van der Waals surface area contributed by atoms with Crippen molar-refractivity contribution in [3.05, 3.63) is 47.3 Å². The summed E-state index contributed by atoms with van der Waals surface area (Å²) in [7, 11) is 3.57. The third kappa shape index (κ3) is 4.90. The molecule has 0 unspecified atom stereocenters. The van der Waals surface area contributed by atoms with Gasteiger partial charge in [0, 0.05) is 24.9 Å². The second kappa shape index (κ2) is 8.78. The van der Waals surface area contributed by atoms with Crippen molar-refractivity contribution in [2.24, 2.45) is 0 Å². The molecule has 0 aliphatic heterocycles. The van der Waals surface area contributed by atoms with E-state index in [1.807, 2.05) is 54.9 Å². The zero-order chi connectivity index (χ0) is 18.4. The zero-order valence-corrected chi connectivity index (χ0v) is 15.7. The molecule has 0 saturated heterocycles. The SMILES string of the molecule is COCCN(C)CC(=O)N[C@H](C)c1cnn(-c2ccccc2C)c1C. The molecule has 25 heavy (non-hydrogen) atoms. The van der Waals surface area contributed by atoms with E-state index in [2.05, 4.69) is 23.4 Å². The first-order valence-corrected chi connectivity index (χ1v) is 8.51. The highest BCUT2D eigenvalue weighted by molar-refractivity contribution is 5.78. The topological polar surface area (TPSA) is 59.4 Å². The number of nitrogens with zero attached hydrogens (tertiary/aromatic N) is 3. The number of rotatable bonds is 8. The first-order chi connectivity index (χ1) is 11.9. The number of carbonyl (C=O) groups is 1. The highest BCUT2D eigenvalue weighted by atomic mass is 16.5. The van der Waals surface area contributed by atoms with E-state index >= 15 is 0 Å². The Hall–Kier alpha value is -2.18. The lowest BCUT2D eigenvalue weighted by Gasteiger charge is -2.19. The van der Waals surface area contributed by atoms with Gasteiger partial charge in [-0.3, -0.25) is 9.69 Å². The standard InChI is InChI=1S/C19H28N4O2/c1-14-8-6-7-9-18(14)23-16(3)17(12-20-23)15(2)21-19(24)13-22(4)10-11-25-5/h6-9,12,15H,10-11,13H2,1-5H3,(H,21,24)/t15-/m1/s1. The summed E-state index contributed by atoms with van der Waals surface area (Å²) in [5.41, 5.74) is 4.28. The molecule has 0 fully saturated rings.